The van der Waals surface area contributed by atoms with Gasteiger partial charge < -0.3 is 20.5 Å². The lowest BCUT2D eigenvalue weighted by atomic mass is 10.1. The first-order chi connectivity index (χ1) is 13.8. The number of para-hydroxylation sites is 2. The summed E-state index contributed by atoms with van der Waals surface area (Å²) < 4.78 is 0. The van der Waals surface area contributed by atoms with Crippen molar-refractivity contribution in [2.24, 2.45) is 4.99 Å². The molecule has 1 aromatic heterocycles. The first-order valence-electron chi connectivity index (χ1n) is 9.64. The van der Waals surface area contributed by atoms with E-state index < -0.39 is 0 Å². The Hall–Kier alpha value is -2.55. The van der Waals surface area contributed by atoms with E-state index in [1.807, 2.05) is 29.2 Å². The molecule has 0 atom stereocenters. The number of nitrogens with zero attached hydrogens (tertiary/aromatic N) is 2. The van der Waals surface area contributed by atoms with Gasteiger partial charge in [0, 0.05) is 42.9 Å². The second-order valence-electron chi connectivity index (χ2n) is 6.89. The van der Waals surface area contributed by atoms with Crippen molar-refractivity contribution in [1.82, 2.24) is 15.6 Å². The zero-order valence-electron chi connectivity index (χ0n) is 16.4. The fourth-order valence-corrected chi connectivity index (χ4v) is 3.73. The summed E-state index contributed by atoms with van der Waals surface area (Å²) in [5.74, 6) is 0.699. The molecule has 0 unspecified atom stereocenters. The lowest BCUT2D eigenvalue weighted by molar-refractivity contribution is -0.117. The highest BCUT2D eigenvalue weighted by Gasteiger charge is 2.23. The van der Waals surface area contributed by atoms with Gasteiger partial charge in [-0.1, -0.05) is 36.4 Å². The maximum atomic E-state index is 12.6. The summed E-state index contributed by atoms with van der Waals surface area (Å²) in [6, 6.07) is 16.4. The average Bonchev–Trinajstić information content (AvgIpc) is 3.35. The van der Waals surface area contributed by atoms with E-state index in [9.17, 15) is 4.79 Å². The Morgan fingerprint density at radius 2 is 1.93 bits per heavy atom. The van der Waals surface area contributed by atoms with Gasteiger partial charge in [-0.05, 0) is 36.1 Å². The molecule has 0 bridgehead atoms. The smallest absolute Gasteiger partial charge is 0.246 e. The number of nitrogens with one attached hydrogen (secondary N) is 3. The first kappa shape index (κ1) is 21.2. The monoisotopic (exact) mass is 503 g/mol. The third-order valence-corrected chi connectivity index (χ3v) is 5.18. The number of hydrogen-bond acceptors (Lipinski definition) is 2. The molecule has 29 heavy (non-hydrogen) atoms. The Morgan fingerprint density at radius 1 is 1.14 bits per heavy atom. The van der Waals surface area contributed by atoms with Crippen LogP contribution in [0, 0.1) is 0 Å². The highest BCUT2D eigenvalue weighted by atomic mass is 127. The number of aliphatic imine (C=N–C) groups is 1. The van der Waals surface area contributed by atoms with Gasteiger partial charge in [0.2, 0.25) is 5.91 Å². The van der Waals surface area contributed by atoms with Crippen LogP contribution in [0.2, 0.25) is 0 Å². The van der Waals surface area contributed by atoms with Crippen LogP contribution < -0.4 is 15.5 Å². The predicted octanol–water partition coefficient (Wildman–Crippen LogP) is 3.08. The molecule has 3 N–H and O–H groups in total. The third kappa shape index (κ3) is 4.72. The normalized spacial score (nSPS) is 13.1. The molecule has 1 aliphatic heterocycles. The number of benzene rings is 2. The molecule has 152 valence electrons. The number of fused-ring (bicyclic) bond motifs is 2. The van der Waals surface area contributed by atoms with Gasteiger partial charge >= 0.3 is 0 Å². The number of rotatable bonds is 5. The molecular weight excluding hydrogens is 477 g/mol. The number of H-pyrrole nitrogens is 1. The molecule has 4 rings (SSSR count). The van der Waals surface area contributed by atoms with Crippen molar-refractivity contribution in [2.45, 2.75) is 12.8 Å². The molecule has 3 aromatic rings. The fourth-order valence-electron chi connectivity index (χ4n) is 3.73. The maximum absolute atomic E-state index is 12.6. The standard InChI is InChI=1S/C22H25N5O.HI/c1-23-22(24-12-10-17-14-25-19-8-4-3-7-18(17)19)26-15-21(28)27-13-11-16-6-2-5-9-20(16)27;/h2-9,14,25H,10-13,15H2,1H3,(H2,23,24,26);1H. The summed E-state index contributed by atoms with van der Waals surface area (Å²) in [5.41, 5.74) is 4.67. The van der Waals surface area contributed by atoms with Gasteiger partial charge in [0.15, 0.2) is 5.96 Å². The molecule has 0 radical (unpaired) electrons. The molecule has 2 heterocycles. The third-order valence-electron chi connectivity index (χ3n) is 5.18. The number of halogens is 1. The van der Waals surface area contributed by atoms with E-state index in [1.165, 1.54) is 16.5 Å². The van der Waals surface area contributed by atoms with E-state index in [4.69, 9.17) is 0 Å². The summed E-state index contributed by atoms with van der Waals surface area (Å²) >= 11 is 0. The number of aromatic amines is 1. The van der Waals surface area contributed by atoms with Gasteiger partial charge in [-0.15, -0.1) is 24.0 Å². The van der Waals surface area contributed by atoms with Gasteiger partial charge in [-0.3, -0.25) is 9.79 Å². The number of carbonyl (C=O) groups excluding carboxylic acids is 1. The molecule has 2 aromatic carbocycles. The minimum absolute atomic E-state index is 0. The molecule has 0 aliphatic carbocycles. The van der Waals surface area contributed by atoms with Crippen molar-refractivity contribution in [3.05, 3.63) is 65.9 Å². The van der Waals surface area contributed by atoms with E-state index >= 15 is 0 Å². The zero-order valence-corrected chi connectivity index (χ0v) is 18.8. The Labute approximate surface area is 187 Å². The number of anilines is 1. The first-order valence-corrected chi connectivity index (χ1v) is 9.64. The van der Waals surface area contributed by atoms with Crippen LogP contribution in [-0.4, -0.2) is 43.5 Å². The fraction of sp³-hybridized carbons (Fsp3) is 0.273. The maximum Gasteiger partial charge on any atom is 0.246 e. The molecule has 6 nitrogen and oxygen atoms in total. The van der Waals surface area contributed by atoms with E-state index in [1.54, 1.807) is 7.05 Å². The highest BCUT2D eigenvalue weighted by Crippen LogP contribution is 2.27. The quantitative estimate of drug-likeness (QED) is 0.285. The minimum Gasteiger partial charge on any atom is -0.361 e. The highest BCUT2D eigenvalue weighted by molar-refractivity contribution is 14.0. The van der Waals surface area contributed by atoms with Crippen LogP contribution >= 0.6 is 24.0 Å². The van der Waals surface area contributed by atoms with Gasteiger partial charge in [-0.25, -0.2) is 0 Å². The number of carbonyl (C=O) groups is 1. The summed E-state index contributed by atoms with van der Waals surface area (Å²) in [4.78, 5) is 22.0. The van der Waals surface area contributed by atoms with Crippen molar-refractivity contribution in [3.63, 3.8) is 0 Å². The number of hydrogen-bond donors (Lipinski definition) is 3. The molecular formula is C22H26IN5O. The van der Waals surface area contributed by atoms with Gasteiger partial charge in [-0.2, -0.15) is 0 Å². The second kappa shape index (κ2) is 9.78. The zero-order chi connectivity index (χ0) is 19.3. The van der Waals surface area contributed by atoms with Crippen molar-refractivity contribution in [3.8, 4) is 0 Å². The van der Waals surface area contributed by atoms with Crippen LogP contribution in [0.1, 0.15) is 11.1 Å². The Bertz CT molecular complexity index is 1010. The van der Waals surface area contributed by atoms with Crippen molar-refractivity contribution >= 4 is 52.4 Å². The molecule has 1 amide bonds. The topological polar surface area (TPSA) is 72.5 Å². The molecule has 1 aliphatic rings. The van der Waals surface area contributed by atoms with Crippen LogP contribution in [0.15, 0.2) is 59.7 Å². The molecule has 0 saturated carbocycles. The van der Waals surface area contributed by atoms with E-state index in [0.717, 1.165) is 37.1 Å². The number of amides is 1. The Kier molecular flexibility index (Phi) is 7.13. The molecule has 0 fully saturated rings. The molecule has 0 spiro atoms. The van der Waals surface area contributed by atoms with Gasteiger partial charge in [0.05, 0.1) is 6.54 Å². The predicted molar refractivity (Wildman–Crippen MR) is 129 cm³/mol. The lowest BCUT2D eigenvalue weighted by Gasteiger charge is -2.18. The van der Waals surface area contributed by atoms with Crippen molar-refractivity contribution < 1.29 is 4.79 Å². The SMILES string of the molecule is CN=C(NCCc1c[nH]c2ccccc12)NCC(=O)N1CCc2ccccc21.I. The van der Waals surface area contributed by atoms with Crippen molar-refractivity contribution in [1.29, 1.82) is 0 Å². The number of guanidine groups is 1. The van der Waals surface area contributed by atoms with Crippen LogP contribution in [0.4, 0.5) is 5.69 Å². The average molecular weight is 503 g/mol. The van der Waals surface area contributed by atoms with Crippen LogP contribution in [0.3, 0.4) is 0 Å². The van der Waals surface area contributed by atoms with E-state index in [2.05, 4.69) is 51.1 Å². The second-order valence-corrected chi connectivity index (χ2v) is 6.89. The summed E-state index contributed by atoms with van der Waals surface area (Å²) in [6.45, 7) is 1.70. The van der Waals surface area contributed by atoms with Crippen LogP contribution in [0.5, 0.6) is 0 Å². The number of aromatic nitrogens is 1. The van der Waals surface area contributed by atoms with Crippen LogP contribution in [-0.2, 0) is 17.6 Å². The van der Waals surface area contributed by atoms with E-state index in [0.29, 0.717) is 5.96 Å². The minimum atomic E-state index is 0. The van der Waals surface area contributed by atoms with Gasteiger partial charge in [0.1, 0.15) is 0 Å². The lowest BCUT2D eigenvalue weighted by Crippen LogP contribution is -2.44. The van der Waals surface area contributed by atoms with Crippen molar-refractivity contribution in [2.75, 3.05) is 31.6 Å². The van der Waals surface area contributed by atoms with Crippen LogP contribution in [0.25, 0.3) is 10.9 Å². The molecule has 0 saturated heterocycles. The van der Waals surface area contributed by atoms with Gasteiger partial charge in [0.25, 0.3) is 0 Å². The largest absolute Gasteiger partial charge is 0.361 e. The Morgan fingerprint density at radius 3 is 2.79 bits per heavy atom. The molecule has 7 heteroatoms. The summed E-state index contributed by atoms with van der Waals surface area (Å²) in [6.07, 6.45) is 3.84. The Balaban J connectivity index is 0.00000240. The van der Waals surface area contributed by atoms with E-state index in [-0.39, 0.29) is 36.4 Å². The summed E-state index contributed by atoms with van der Waals surface area (Å²) in [5, 5.41) is 7.67. The summed E-state index contributed by atoms with van der Waals surface area (Å²) in [7, 11) is 1.72.